The Labute approximate surface area is 228 Å². The number of carbonyl (C=O) groups excluding carboxylic acids is 2. The fourth-order valence-electron chi connectivity index (χ4n) is 5.34. The average Bonchev–Trinajstić information content (AvgIpc) is 2.82. The lowest BCUT2D eigenvalue weighted by molar-refractivity contribution is -0.124. The third-order valence-electron chi connectivity index (χ3n) is 7.12. The number of hydrogen-bond donors (Lipinski definition) is 1. The van der Waals surface area contributed by atoms with Crippen molar-refractivity contribution in [1.29, 1.82) is 0 Å². The Morgan fingerprint density at radius 2 is 1.73 bits per heavy atom. The number of carbonyl (C=O) groups is 2. The molecule has 37 heavy (non-hydrogen) atoms. The highest BCUT2D eigenvalue weighted by Gasteiger charge is 2.34. The lowest BCUT2D eigenvalue weighted by atomic mass is 9.84. The molecule has 1 fully saturated rings. The topological polar surface area (TPSA) is 52.7 Å². The van der Waals surface area contributed by atoms with Gasteiger partial charge in [-0.25, -0.2) is 4.39 Å². The minimum absolute atomic E-state index is 0. The molecule has 2 aromatic rings. The Kier molecular flexibility index (Phi) is 12.1. The number of nitrogens with one attached hydrogen (secondary N) is 1. The number of benzene rings is 2. The second-order valence-corrected chi connectivity index (χ2v) is 10.7. The first-order valence-corrected chi connectivity index (χ1v) is 13.3. The number of unbranched alkanes of at least 4 members (excludes halogenated alkanes) is 3. The lowest BCUT2D eigenvalue weighted by Crippen LogP contribution is -2.46. The van der Waals surface area contributed by atoms with Gasteiger partial charge < -0.3 is 15.1 Å². The van der Waals surface area contributed by atoms with E-state index in [1.807, 2.05) is 49.9 Å². The van der Waals surface area contributed by atoms with Crippen molar-refractivity contribution < 1.29 is 14.0 Å². The largest absolute Gasteiger partial charge is 0.352 e. The van der Waals surface area contributed by atoms with Crippen molar-refractivity contribution in [1.82, 2.24) is 10.2 Å². The summed E-state index contributed by atoms with van der Waals surface area (Å²) in [4.78, 5) is 30.0. The van der Waals surface area contributed by atoms with Crippen LogP contribution in [0.15, 0.2) is 36.4 Å². The van der Waals surface area contributed by atoms with Crippen LogP contribution in [-0.4, -0.2) is 50.4 Å². The highest BCUT2D eigenvalue weighted by molar-refractivity contribution is 5.99. The number of nitrogens with zero attached hydrogens (tertiary/aromatic N) is 2. The summed E-state index contributed by atoms with van der Waals surface area (Å²) < 4.78 is 14.3. The fraction of sp³-hybridized carbons (Fsp3) is 0.533. The van der Waals surface area contributed by atoms with Crippen LogP contribution >= 0.6 is 12.4 Å². The Balaban J connectivity index is 0.00000481. The molecule has 0 radical (unpaired) electrons. The summed E-state index contributed by atoms with van der Waals surface area (Å²) in [6, 6.07) is 10.6. The molecule has 2 amide bonds. The van der Waals surface area contributed by atoms with Crippen LogP contribution in [0.2, 0.25) is 0 Å². The number of piperidine rings is 1. The van der Waals surface area contributed by atoms with Crippen LogP contribution in [0.4, 0.5) is 10.1 Å². The van der Waals surface area contributed by atoms with E-state index in [9.17, 15) is 14.0 Å². The maximum absolute atomic E-state index is 14.3. The van der Waals surface area contributed by atoms with Crippen molar-refractivity contribution in [3.8, 4) is 0 Å². The summed E-state index contributed by atoms with van der Waals surface area (Å²) in [5.74, 6) is -0.122. The minimum atomic E-state index is -0.190. The Morgan fingerprint density at radius 3 is 2.38 bits per heavy atom. The number of hydrogen-bond acceptors (Lipinski definition) is 3. The molecule has 3 rings (SSSR count). The predicted octanol–water partition coefficient (Wildman–Crippen LogP) is 5.95. The van der Waals surface area contributed by atoms with Crippen molar-refractivity contribution in [3.63, 3.8) is 0 Å². The van der Waals surface area contributed by atoms with E-state index in [4.69, 9.17) is 0 Å². The van der Waals surface area contributed by atoms with Gasteiger partial charge >= 0.3 is 0 Å². The van der Waals surface area contributed by atoms with E-state index in [1.54, 1.807) is 6.07 Å². The minimum Gasteiger partial charge on any atom is -0.352 e. The third kappa shape index (κ3) is 8.54. The molecule has 2 atom stereocenters. The fourth-order valence-corrected chi connectivity index (χ4v) is 5.34. The molecule has 204 valence electrons. The van der Waals surface area contributed by atoms with Crippen molar-refractivity contribution in [2.24, 2.45) is 11.8 Å². The van der Waals surface area contributed by atoms with Gasteiger partial charge in [-0.3, -0.25) is 9.59 Å². The van der Waals surface area contributed by atoms with Crippen molar-refractivity contribution in [2.45, 2.75) is 59.3 Å². The van der Waals surface area contributed by atoms with Gasteiger partial charge in [0.1, 0.15) is 5.82 Å². The number of aryl methyl sites for hydroxylation is 2. The van der Waals surface area contributed by atoms with Crippen LogP contribution in [0, 0.1) is 31.5 Å². The number of halogens is 2. The molecule has 5 nitrogen and oxygen atoms in total. The zero-order valence-corrected chi connectivity index (χ0v) is 23.8. The maximum Gasteiger partial charge on any atom is 0.251 e. The molecule has 0 bridgehead atoms. The van der Waals surface area contributed by atoms with Crippen molar-refractivity contribution in [2.75, 3.05) is 38.6 Å². The zero-order chi connectivity index (χ0) is 26.2. The van der Waals surface area contributed by atoms with E-state index in [2.05, 4.69) is 24.3 Å². The second-order valence-electron chi connectivity index (χ2n) is 10.7. The maximum atomic E-state index is 14.3. The molecule has 1 saturated heterocycles. The van der Waals surface area contributed by atoms with Crippen LogP contribution in [-0.2, 0) is 11.2 Å². The van der Waals surface area contributed by atoms with E-state index in [0.717, 1.165) is 42.6 Å². The molecule has 0 aliphatic carbocycles. The standard InChI is InChI=1S/C30H42FN3O2.ClH/c1-21-17-26(29(35)32-14-10-6-7-11-15-33(4)5)18-22(2)28(21)34-20-24(16-23(3)30(34)36)19-25-12-8-9-13-27(25)31;/h8-9,12-13,17-18,23-24H,6-7,10-11,14-16,19-20H2,1-5H3,(H,32,35);1H/t23-,24-;/m1./s1. The van der Waals surface area contributed by atoms with E-state index < -0.39 is 0 Å². The summed E-state index contributed by atoms with van der Waals surface area (Å²) in [5.41, 5.74) is 4.03. The molecule has 0 saturated carbocycles. The highest BCUT2D eigenvalue weighted by atomic mass is 35.5. The molecule has 1 aliphatic heterocycles. The molecule has 2 aromatic carbocycles. The van der Waals surface area contributed by atoms with Crippen molar-refractivity contribution >= 4 is 29.9 Å². The molecule has 0 unspecified atom stereocenters. The molecule has 1 heterocycles. The quantitative estimate of drug-likeness (QED) is 0.365. The molecular weight excluding hydrogens is 489 g/mol. The first-order valence-electron chi connectivity index (χ1n) is 13.3. The summed E-state index contributed by atoms with van der Waals surface area (Å²) in [6.07, 6.45) is 5.77. The van der Waals surface area contributed by atoms with Gasteiger partial charge in [0.25, 0.3) is 5.91 Å². The summed E-state index contributed by atoms with van der Waals surface area (Å²) in [7, 11) is 4.17. The summed E-state index contributed by atoms with van der Waals surface area (Å²) in [5, 5.41) is 3.04. The molecule has 7 heteroatoms. The molecule has 0 spiro atoms. The van der Waals surface area contributed by atoms with Crippen LogP contribution < -0.4 is 10.2 Å². The Hall–Kier alpha value is -2.44. The van der Waals surface area contributed by atoms with Crippen LogP contribution in [0.1, 0.15) is 66.1 Å². The average molecular weight is 532 g/mol. The van der Waals surface area contributed by atoms with Gasteiger partial charge in [-0.05, 0) is 101 Å². The Morgan fingerprint density at radius 1 is 1.08 bits per heavy atom. The molecular formula is C30H43ClFN3O2. The zero-order valence-electron chi connectivity index (χ0n) is 23.0. The third-order valence-corrected chi connectivity index (χ3v) is 7.12. The smallest absolute Gasteiger partial charge is 0.251 e. The van der Waals surface area contributed by atoms with Gasteiger partial charge in [0, 0.05) is 30.3 Å². The van der Waals surface area contributed by atoms with Gasteiger partial charge in [0.2, 0.25) is 5.91 Å². The summed E-state index contributed by atoms with van der Waals surface area (Å²) >= 11 is 0. The van der Waals surface area contributed by atoms with E-state index in [0.29, 0.717) is 30.6 Å². The van der Waals surface area contributed by atoms with Gasteiger partial charge in [-0.1, -0.05) is 38.0 Å². The number of rotatable bonds is 11. The predicted molar refractivity (Wildman–Crippen MR) is 152 cm³/mol. The summed E-state index contributed by atoms with van der Waals surface area (Å²) in [6.45, 7) is 8.19. The lowest BCUT2D eigenvalue weighted by Gasteiger charge is -2.38. The first kappa shape index (κ1) is 30.8. The SMILES string of the molecule is Cc1cc(C(=O)NCCCCCCN(C)C)cc(C)c1N1C[C@@H](Cc2ccccc2F)C[C@@H](C)C1=O.Cl. The normalized spacial score (nSPS) is 17.6. The van der Waals surface area contributed by atoms with Crippen molar-refractivity contribution in [3.05, 3.63) is 64.5 Å². The first-order chi connectivity index (χ1) is 17.2. The van der Waals surface area contributed by atoms with Gasteiger partial charge in [0.05, 0.1) is 0 Å². The Bertz CT molecular complexity index is 1040. The van der Waals surface area contributed by atoms with E-state index in [1.165, 1.54) is 18.9 Å². The highest BCUT2D eigenvalue weighted by Crippen LogP contribution is 2.34. The number of amides is 2. The number of anilines is 1. The van der Waals surface area contributed by atoms with Crippen LogP contribution in [0.25, 0.3) is 0 Å². The molecule has 1 aliphatic rings. The molecule has 0 aromatic heterocycles. The van der Waals surface area contributed by atoms with Crippen LogP contribution in [0.3, 0.4) is 0 Å². The van der Waals surface area contributed by atoms with E-state index >= 15 is 0 Å². The van der Waals surface area contributed by atoms with Gasteiger partial charge in [-0.2, -0.15) is 0 Å². The molecule has 1 N–H and O–H groups in total. The van der Waals surface area contributed by atoms with Crippen LogP contribution in [0.5, 0.6) is 0 Å². The van der Waals surface area contributed by atoms with E-state index in [-0.39, 0.29) is 41.9 Å². The van der Waals surface area contributed by atoms with Gasteiger partial charge in [-0.15, -0.1) is 12.4 Å². The van der Waals surface area contributed by atoms with Gasteiger partial charge in [0.15, 0.2) is 0 Å². The monoisotopic (exact) mass is 531 g/mol. The second kappa shape index (κ2) is 14.5.